The zero-order valence-electron chi connectivity index (χ0n) is 11.2. The van der Waals surface area contributed by atoms with Gasteiger partial charge in [0.05, 0.1) is 12.8 Å². The van der Waals surface area contributed by atoms with Crippen LogP contribution < -0.4 is 5.32 Å². The molecule has 2 amide bonds. The van der Waals surface area contributed by atoms with Gasteiger partial charge in [-0.3, -0.25) is 14.4 Å². The smallest absolute Gasteiger partial charge is 0.305 e. The van der Waals surface area contributed by atoms with Gasteiger partial charge in [0, 0.05) is 13.1 Å². The van der Waals surface area contributed by atoms with E-state index in [2.05, 4.69) is 5.32 Å². The largest absolute Gasteiger partial charge is 0.481 e. The van der Waals surface area contributed by atoms with Crippen LogP contribution in [0.1, 0.15) is 12.0 Å². The molecule has 0 saturated carbocycles. The second-order valence-electron chi connectivity index (χ2n) is 4.80. The van der Waals surface area contributed by atoms with E-state index in [0.29, 0.717) is 12.1 Å². The third-order valence-corrected chi connectivity index (χ3v) is 3.29. The second kappa shape index (κ2) is 6.34. The van der Waals surface area contributed by atoms with Crippen LogP contribution in [0.2, 0.25) is 0 Å². The summed E-state index contributed by atoms with van der Waals surface area (Å²) in [6.45, 7) is 0.563. The summed E-state index contributed by atoms with van der Waals surface area (Å²) in [4.78, 5) is 36.1. The molecule has 1 aromatic rings. The van der Waals surface area contributed by atoms with E-state index >= 15 is 0 Å². The Labute approximate surface area is 120 Å². The van der Waals surface area contributed by atoms with Crippen LogP contribution in [-0.2, 0) is 20.8 Å². The molecule has 0 spiro atoms. The summed E-state index contributed by atoms with van der Waals surface area (Å²) in [5.41, 5.74) is 0.612. The van der Waals surface area contributed by atoms with Crippen molar-refractivity contribution in [1.29, 1.82) is 0 Å². The van der Waals surface area contributed by atoms with Crippen molar-refractivity contribution >= 4 is 17.8 Å². The van der Waals surface area contributed by atoms with Gasteiger partial charge < -0.3 is 15.3 Å². The number of aliphatic carboxylic acids is 1. The molecule has 1 aromatic carbocycles. The quantitative estimate of drug-likeness (QED) is 0.829. The Morgan fingerprint density at radius 2 is 2.00 bits per heavy atom. The number of halogens is 1. The van der Waals surface area contributed by atoms with Gasteiger partial charge in [0.1, 0.15) is 11.9 Å². The molecule has 2 rings (SSSR count). The Kier molecular flexibility index (Phi) is 4.52. The average molecular weight is 294 g/mol. The lowest BCUT2D eigenvalue weighted by molar-refractivity contribution is -0.148. The molecular formula is C14H15FN2O4. The SMILES string of the molecule is O=C(O)CC1C(=O)NCCN1C(=O)Cc1ccc(F)cc1. The number of piperazine rings is 1. The van der Waals surface area contributed by atoms with Gasteiger partial charge in [-0.25, -0.2) is 4.39 Å². The van der Waals surface area contributed by atoms with E-state index in [1.165, 1.54) is 29.2 Å². The lowest BCUT2D eigenvalue weighted by Gasteiger charge is -2.34. The molecule has 6 nitrogen and oxygen atoms in total. The maximum atomic E-state index is 12.8. The maximum absolute atomic E-state index is 12.8. The molecule has 0 radical (unpaired) electrons. The van der Waals surface area contributed by atoms with E-state index in [1.807, 2.05) is 0 Å². The molecule has 2 N–H and O–H groups in total. The highest BCUT2D eigenvalue weighted by Gasteiger charge is 2.34. The molecule has 7 heteroatoms. The summed E-state index contributed by atoms with van der Waals surface area (Å²) < 4.78 is 12.8. The third kappa shape index (κ3) is 3.77. The molecule has 112 valence electrons. The maximum Gasteiger partial charge on any atom is 0.305 e. The number of rotatable bonds is 4. The molecule has 1 atom stereocenters. The standard InChI is InChI=1S/C14H15FN2O4/c15-10-3-1-9(2-4-10)7-12(18)17-6-5-16-14(21)11(17)8-13(19)20/h1-4,11H,5-8H2,(H,16,21)(H,19,20). The average Bonchev–Trinajstić information content (AvgIpc) is 2.43. The van der Waals surface area contributed by atoms with Crippen molar-refractivity contribution in [2.75, 3.05) is 13.1 Å². The fraction of sp³-hybridized carbons (Fsp3) is 0.357. The lowest BCUT2D eigenvalue weighted by atomic mass is 10.1. The number of nitrogens with one attached hydrogen (secondary N) is 1. The minimum Gasteiger partial charge on any atom is -0.481 e. The summed E-state index contributed by atoms with van der Waals surface area (Å²) in [5.74, 6) is -2.34. The van der Waals surface area contributed by atoms with Crippen molar-refractivity contribution in [2.24, 2.45) is 0 Å². The van der Waals surface area contributed by atoms with Crippen LogP contribution in [0.15, 0.2) is 24.3 Å². The van der Waals surface area contributed by atoms with Gasteiger partial charge in [-0.05, 0) is 17.7 Å². The zero-order chi connectivity index (χ0) is 15.4. The highest BCUT2D eigenvalue weighted by Crippen LogP contribution is 2.12. The van der Waals surface area contributed by atoms with Crippen molar-refractivity contribution in [3.05, 3.63) is 35.6 Å². The predicted octanol–water partition coefficient (Wildman–Crippen LogP) is 0.170. The van der Waals surface area contributed by atoms with Gasteiger partial charge in [-0.1, -0.05) is 12.1 Å². The summed E-state index contributed by atoms with van der Waals surface area (Å²) in [5, 5.41) is 11.4. The number of amides is 2. The number of carbonyl (C=O) groups excluding carboxylic acids is 2. The van der Waals surface area contributed by atoms with Crippen LogP contribution in [0.3, 0.4) is 0 Å². The molecule has 0 aromatic heterocycles. The van der Waals surface area contributed by atoms with Crippen molar-refractivity contribution in [3.8, 4) is 0 Å². The number of hydrogen-bond acceptors (Lipinski definition) is 3. The fourth-order valence-electron chi connectivity index (χ4n) is 2.26. The normalized spacial score (nSPS) is 18.2. The van der Waals surface area contributed by atoms with Crippen molar-refractivity contribution in [3.63, 3.8) is 0 Å². The summed E-state index contributed by atoms with van der Waals surface area (Å²) in [6.07, 6.45) is -0.426. The molecule has 1 saturated heterocycles. The van der Waals surface area contributed by atoms with Gasteiger partial charge in [0.15, 0.2) is 0 Å². The van der Waals surface area contributed by atoms with Gasteiger partial charge in [0.25, 0.3) is 0 Å². The minimum atomic E-state index is -1.14. The molecule has 1 fully saturated rings. The van der Waals surface area contributed by atoms with Crippen LogP contribution in [0.5, 0.6) is 0 Å². The van der Waals surface area contributed by atoms with Gasteiger partial charge in [-0.15, -0.1) is 0 Å². The number of carbonyl (C=O) groups is 3. The first-order valence-corrected chi connectivity index (χ1v) is 6.51. The van der Waals surface area contributed by atoms with E-state index < -0.39 is 30.2 Å². The first-order chi connectivity index (χ1) is 9.97. The lowest BCUT2D eigenvalue weighted by Crippen LogP contribution is -2.58. The Hall–Kier alpha value is -2.44. The molecular weight excluding hydrogens is 279 g/mol. The van der Waals surface area contributed by atoms with Crippen LogP contribution in [-0.4, -0.2) is 46.9 Å². The molecule has 21 heavy (non-hydrogen) atoms. The van der Waals surface area contributed by atoms with E-state index in [9.17, 15) is 18.8 Å². The van der Waals surface area contributed by atoms with Crippen LogP contribution >= 0.6 is 0 Å². The molecule has 1 unspecified atom stereocenters. The highest BCUT2D eigenvalue weighted by molar-refractivity contribution is 5.92. The number of nitrogens with zero attached hydrogens (tertiary/aromatic N) is 1. The Morgan fingerprint density at radius 1 is 1.33 bits per heavy atom. The van der Waals surface area contributed by atoms with Crippen LogP contribution in [0.25, 0.3) is 0 Å². The molecule has 1 aliphatic heterocycles. The molecule has 1 aliphatic rings. The second-order valence-corrected chi connectivity index (χ2v) is 4.80. The third-order valence-electron chi connectivity index (χ3n) is 3.29. The van der Waals surface area contributed by atoms with Crippen LogP contribution in [0.4, 0.5) is 4.39 Å². The monoisotopic (exact) mass is 294 g/mol. The number of carboxylic acid groups (broad SMARTS) is 1. The zero-order valence-corrected chi connectivity index (χ0v) is 11.2. The van der Waals surface area contributed by atoms with Crippen molar-refractivity contribution < 1.29 is 23.9 Å². The Balaban J connectivity index is 2.09. The van der Waals surface area contributed by atoms with Crippen LogP contribution in [0, 0.1) is 5.82 Å². The first kappa shape index (κ1) is 15.0. The summed E-state index contributed by atoms with van der Waals surface area (Å²) in [6, 6.07) is 4.48. The Bertz CT molecular complexity index is 559. The number of hydrogen-bond donors (Lipinski definition) is 2. The van der Waals surface area contributed by atoms with Crippen molar-refractivity contribution in [1.82, 2.24) is 10.2 Å². The first-order valence-electron chi connectivity index (χ1n) is 6.51. The number of benzene rings is 1. The summed E-state index contributed by atoms with van der Waals surface area (Å²) >= 11 is 0. The molecule has 1 heterocycles. The highest BCUT2D eigenvalue weighted by atomic mass is 19.1. The van der Waals surface area contributed by atoms with E-state index in [0.717, 1.165) is 0 Å². The van der Waals surface area contributed by atoms with Crippen molar-refractivity contribution in [2.45, 2.75) is 18.9 Å². The Morgan fingerprint density at radius 3 is 2.62 bits per heavy atom. The fourth-order valence-corrected chi connectivity index (χ4v) is 2.26. The van der Waals surface area contributed by atoms with Gasteiger partial charge >= 0.3 is 5.97 Å². The number of carboxylic acids is 1. The predicted molar refractivity (Wildman–Crippen MR) is 70.9 cm³/mol. The van der Waals surface area contributed by atoms with Gasteiger partial charge in [-0.2, -0.15) is 0 Å². The van der Waals surface area contributed by atoms with E-state index in [1.54, 1.807) is 0 Å². The topological polar surface area (TPSA) is 86.7 Å². The van der Waals surface area contributed by atoms with E-state index in [-0.39, 0.29) is 18.9 Å². The van der Waals surface area contributed by atoms with Gasteiger partial charge in [0.2, 0.25) is 11.8 Å². The molecule has 0 bridgehead atoms. The van der Waals surface area contributed by atoms with E-state index in [4.69, 9.17) is 5.11 Å². The summed E-state index contributed by atoms with van der Waals surface area (Å²) in [7, 11) is 0. The molecule has 0 aliphatic carbocycles. The minimum absolute atomic E-state index is 0.00365.